The molecule has 2 aliphatic rings. The van der Waals surface area contributed by atoms with Crippen LogP contribution in [0.5, 0.6) is 0 Å². The van der Waals surface area contributed by atoms with Crippen LogP contribution in [0.4, 0.5) is 0 Å². The van der Waals surface area contributed by atoms with Crippen molar-refractivity contribution in [1.29, 1.82) is 0 Å². The normalized spacial score (nSPS) is 25.0. The van der Waals surface area contributed by atoms with E-state index in [4.69, 9.17) is 0 Å². The Morgan fingerprint density at radius 3 is 2.81 bits per heavy atom. The van der Waals surface area contributed by atoms with Gasteiger partial charge in [0.25, 0.3) is 5.56 Å². The van der Waals surface area contributed by atoms with Gasteiger partial charge in [-0.25, -0.2) is 0 Å². The number of hydrogen-bond donors (Lipinski definition) is 0. The quantitative estimate of drug-likeness (QED) is 0.786. The zero-order valence-corrected chi connectivity index (χ0v) is 16.7. The van der Waals surface area contributed by atoms with Gasteiger partial charge in [0.05, 0.1) is 0 Å². The molecule has 4 rings (SSSR count). The standard InChI is InChI=1S/C21H31N5O/c1-15(2)7-8-20-18-11-17(19-5-4-6-21(27)26(19)20)12-24(13-18)9-10-25-14-22-23-16(25)3/h4-6,14-15,17-18,20H,7-13H2,1-3H3/t17-,18+,20+/m1/s1. The van der Waals surface area contributed by atoms with Crippen molar-refractivity contribution in [3.8, 4) is 0 Å². The second-order valence-corrected chi connectivity index (χ2v) is 8.72. The van der Waals surface area contributed by atoms with E-state index < -0.39 is 0 Å². The highest BCUT2D eigenvalue weighted by Crippen LogP contribution is 2.43. The summed E-state index contributed by atoms with van der Waals surface area (Å²) in [6.07, 6.45) is 5.31. The summed E-state index contributed by atoms with van der Waals surface area (Å²) < 4.78 is 4.27. The first-order valence-corrected chi connectivity index (χ1v) is 10.3. The van der Waals surface area contributed by atoms with Crippen molar-refractivity contribution < 1.29 is 0 Å². The number of aromatic nitrogens is 4. The molecule has 0 spiro atoms. The van der Waals surface area contributed by atoms with Crippen molar-refractivity contribution in [2.24, 2.45) is 11.8 Å². The first-order chi connectivity index (χ1) is 13.0. The molecule has 3 atom stereocenters. The Labute approximate surface area is 161 Å². The molecule has 4 heterocycles. The third-order valence-corrected chi connectivity index (χ3v) is 6.38. The molecule has 0 radical (unpaired) electrons. The lowest BCUT2D eigenvalue weighted by atomic mass is 9.76. The van der Waals surface area contributed by atoms with E-state index in [0.717, 1.165) is 38.4 Å². The van der Waals surface area contributed by atoms with Gasteiger partial charge in [0.2, 0.25) is 0 Å². The second-order valence-electron chi connectivity index (χ2n) is 8.72. The van der Waals surface area contributed by atoms with Crippen LogP contribution in [0.1, 0.15) is 56.6 Å². The van der Waals surface area contributed by atoms with Crippen molar-refractivity contribution >= 4 is 0 Å². The number of likely N-dealkylation sites (tertiary alicyclic amines) is 1. The fourth-order valence-electron chi connectivity index (χ4n) is 4.97. The van der Waals surface area contributed by atoms with Crippen LogP contribution in [-0.4, -0.2) is 43.9 Å². The topological polar surface area (TPSA) is 56.0 Å². The Kier molecular flexibility index (Phi) is 5.17. The third-order valence-electron chi connectivity index (χ3n) is 6.38. The van der Waals surface area contributed by atoms with E-state index in [9.17, 15) is 4.79 Å². The summed E-state index contributed by atoms with van der Waals surface area (Å²) in [4.78, 5) is 15.3. The lowest BCUT2D eigenvalue weighted by Crippen LogP contribution is -2.50. The first-order valence-electron chi connectivity index (χ1n) is 10.3. The van der Waals surface area contributed by atoms with Gasteiger partial charge in [0.15, 0.2) is 0 Å². The Morgan fingerprint density at radius 1 is 1.22 bits per heavy atom. The van der Waals surface area contributed by atoms with Crippen molar-refractivity contribution in [2.75, 3.05) is 19.6 Å². The number of fused-ring (bicyclic) bond motifs is 4. The molecule has 1 fully saturated rings. The van der Waals surface area contributed by atoms with Crippen LogP contribution in [0.15, 0.2) is 29.3 Å². The summed E-state index contributed by atoms with van der Waals surface area (Å²) in [5.74, 6) is 2.67. The highest BCUT2D eigenvalue weighted by Gasteiger charge is 2.40. The minimum Gasteiger partial charge on any atom is -0.317 e. The van der Waals surface area contributed by atoms with Crippen molar-refractivity contribution in [1.82, 2.24) is 24.2 Å². The van der Waals surface area contributed by atoms with E-state index in [1.54, 1.807) is 6.07 Å². The highest BCUT2D eigenvalue weighted by molar-refractivity contribution is 5.19. The maximum atomic E-state index is 12.7. The fourth-order valence-corrected chi connectivity index (χ4v) is 4.97. The molecular weight excluding hydrogens is 338 g/mol. The lowest BCUT2D eigenvalue weighted by Gasteiger charge is -2.47. The molecule has 6 nitrogen and oxygen atoms in total. The van der Waals surface area contributed by atoms with Crippen LogP contribution in [0.2, 0.25) is 0 Å². The molecule has 0 amide bonds. The maximum Gasteiger partial charge on any atom is 0.250 e. The molecule has 146 valence electrons. The molecule has 1 saturated heterocycles. The average molecular weight is 370 g/mol. The molecule has 0 saturated carbocycles. The summed E-state index contributed by atoms with van der Waals surface area (Å²) in [6, 6.07) is 6.19. The van der Waals surface area contributed by atoms with Gasteiger partial charge in [-0.2, -0.15) is 0 Å². The zero-order valence-electron chi connectivity index (χ0n) is 16.7. The van der Waals surface area contributed by atoms with Crippen LogP contribution in [0.3, 0.4) is 0 Å². The van der Waals surface area contributed by atoms with Gasteiger partial charge in [-0.1, -0.05) is 19.9 Å². The highest BCUT2D eigenvalue weighted by atomic mass is 16.1. The predicted molar refractivity (Wildman–Crippen MR) is 106 cm³/mol. The van der Waals surface area contributed by atoms with Gasteiger partial charge in [-0.05, 0) is 44.1 Å². The van der Waals surface area contributed by atoms with E-state index in [0.29, 0.717) is 23.8 Å². The summed E-state index contributed by atoms with van der Waals surface area (Å²) in [5.41, 5.74) is 1.43. The van der Waals surface area contributed by atoms with E-state index in [1.165, 1.54) is 18.5 Å². The van der Waals surface area contributed by atoms with Crippen LogP contribution in [-0.2, 0) is 6.54 Å². The lowest BCUT2D eigenvalue weighted by molar-refractivity contribution is 0.0822. The summed E-state index contributed by atoms with van der Waals surface area (Å²) in [5, 5.41) is 8.08. The minimum atomic E-state index is 0.185. The van der Waals surface area contributed by atoms with Crippen LogP contribution in [0.25, 0.3) is 0 Å². The second kappa shape index (κ2) is 7.58. The number of piperidine rings is 1. The van der Waals surface area contributed by atoms with Crippen LogP contribution in [0, 0.1) is 18.8 Å². The Morgan fingerprint density at radius 2 is 2.07 bits per heavy atom. The van der Waals surface area contributed by atoms with E-state index in [2.05, 4.69) is 44.1 Å². The van der Waals surface area contributed by atoms with E-state index in [1.807, 2.05) is 19.3 Å². The van der Waals surface area contributed by atoms with Gasteiger partial charge < -0.3 is 14.0 Å². The molecule has 2 bridgehead atoms. The summed E-state index contributed by atoms with van der Waals surface area (Å²) >= 11 is 0. The molecule has 2 aliphatic heterocycles. The summed E-state index contributed by atoms with van der Waals surface area (Å²) in [6.45, 7) is 10.6. The molecule has 0 aliphatic carbocycles. The largest absolute Gasteiger partial charge is 0.317 e. The maximum absolute atomic E-state index is 12.7. The predicted octanol–water partition coefficient (Wildman–Crippen LogP) is 2.84. The molecule has 27 heavy (non-hydrogen) atoms. The molecule has 2 aromatic rings. The Bertz CT molecular complexity index is 839. The summed E-state index contributed by atoms with van der Waals surface area (Å²) in [7, 11) is 0. The zero-order chi connectivity index (χ0) is 19.0. The molecular formula is C21H31N5O. The smallest absolute Gasteiger partial charge is 0.250 e. The molecule has 0 unspecified atom stereocenters. The first kappa shape index (κ1) is 18.4. The van der Waals surface area contributed by atoms with Gasteiger partial charge in [0, 0.05) is 49.9 Å². The van der Waals surface area contributed by atoms with Gasteiger partial charge in [-0.15, -0.1) is 10.2 Å². The van der Waals surface area contributed by atoms with E-state index >= 15 is 0 Å². The number of rotatable bonds is 6. The van der Waals surface area contributed by atoms with Crippen LogP contribution >= 0.6 is 0 Å². The van der Waals surface area contributed by atoms with Gasteiger partial charge in [0.1, 0.15) is 12.2 Å². The SMILES string of the molecule is Cc1nncn1CCN1C[C@H]2C[C@@H](C1)[C@H](CCC(C)C)n1c2cccc1=O. The molecule has 2 aromatic heterocycles. The minimum absolute atomic E-state index is 0.185. The molecule has 6 heteroatoms. The Hall–Kier alpha value is -1.95. The number of hydrogen-bond acceptors (Lipinski definition) is 4. The van der Waals surface area contributed by atoms with Crippen molar-refractivity contribution in [3.05, 3.63) is 46.4 Å². The number of pyridine rings is 1. The van der Waals surface area contributed by atoms with Crippen LogP contribution < -0.4 is 5.56 Å². The fraction of sp³-hybridized carbons (Fsp3) is 0.667. The average Bonchev–Trinajstić information content (AvgIpc) is 3.05. The van der Waals surface area contributed by atoms with Crippen molar-refractivity contribution in [2.45, 2.75) is 58.5 Å². The number of aryl methyl sites for hydroxylation is 1. The third kappa shape index (κ3) is 3.72. The number of nitrogens with zero attached hydrogens (tertiary/aromatic N) is 5. The van der Waals surface area contributed by atoms with Crippen molar-refractivity contribution in [3.63, 3.8) is 0 Å². The molecule has 0 aromatic carbocycles. The molecule has 0 N–H and O–H groups in total. The monoisotopic (exact) mass is 369 g/mol. The van der Waals surface area contributed by atoms with Gasteiger partial charge >= 0.3 is 0 Å². The van der Waals surface area contributed by atoms with E-state index in [-0.39, 0.29) is 5.56 Å². The Balaban J connectivity index is 1.55. The van der Waals surface area contributed by atoms with Gasteiger partial charge in [-0.3, -0.25) is 4.79 Å².